The molecule has 2 aromatic carbocycles. The van der Waals surface area contributed by atoms with Crippen LogP contribution in [-0.2, 0) is 30.4 Å². The van der Waals surface area contributed by atoms with E-state index in [0.29, 0.717) is 29.8 Å². The minimum Gasteiger partial charge on any atom is -0.427 e. The molecular weight excluding hydrogens is 497 g/mol. The molecular formula is C29H29F3N2O4. The quantitative estimate of drug-likeness (QED) is 0.309. The molecule has 200 valence electrons. The largest absolute Gasteiger partial charge is 0.427 e. The molecule has 1 N–H and O–H groups in total. The first kappa shape index (κ1) is 27.2. The highest BCUT2D eigenvalue weighted by molar-refractivity contribution is 6.04. The number of aromatic nitrogens is 1. The van der Waals surface area contributed by atoms with Gasteiger partial charge in [-0.3, -0.25) is 14.4 Å². The summed E-state index contributed by atoms with van der Waals surface area (Å²) < 4.78 is 45.7. The maximum Gasteiger partial charge on any atom is 0.416 e. The van der Waals surface area contributed by atoms with Crippen molar-refractivity contribution >= 4 is 17.6 Å². The molecule has 0 aliphatic heterocycles. The Kier molecular flexibility index (Phi) is 8.34. The minimum atomic E-state index is -4.45. The molecule has 0 radical (unpaired) electrons. The second-order valence-corrected chi connectivity index (χ2v) is 9.34. The number of nitrogens with zero attached hydrogens (tertiary/aromatic N) is 1. The van der Waals surface area contributed by atoms with Crippen molar-refractivity contribution in [2.24, 2.45) is 0 Å². The number of halogens is 3. The van der Waals surface area contributed by atoms with Crippen LogP contribution in [0, 0.1) is 0 Å². The van der Waals surface area contributed by atoms with E-state index in [1.807, 2.05) is 0 Å². The number of nitrogens with one attached hydrogen (secondary N) is 1. The molecule has 1 aliphatic rings. The van der Waals surface area contributed by atoms with Crippen LogP contribution in [0.25, 0.3) is 0 Å². The van der Waals surface area contributed by atoms with Gasteiger partial charge in [-0.1, -0.05) is 31.9 Å². The number of ether oxygens (including phenoxy) is 1. The Balaban J connectivity index is 1.65. The molecule has 1 aromatic heterocycles. The molecule has 6 nitrogen and oxygen atoms in total. The number of hydrogen-bond acceptors (Lipinski definition) is 4. The third-order valence-electron chi connectivity index (χ3n) is 6.60. The lowest BCUT2D eigenvalue weighted by molar-refractivity contribution is -0.137. The molecule has 0 spiro atoms. The molecule has 0 saturated carbocycles. The van der Waals surface area contributed by atoms with E-state index in [2.05, 4.69) is 5.32 Å². The first-order chi connectivity index (χ1) is 18.2. The number of hydrogen-bond donors (Lipinski definition) is 1. The highest BCUT2D eigenvalue weighted by Gasteiger charge is 2.30. The van der Waals surface area contributed by atoms with Crippen LogP contribution in [0.5, 0.6) is 5.75 Å². The highest BCUT2D eigenvalue weighted by atomic mass is 19.4. The van der Waals surface area contributed by atoms with Gasteiger partial charge in [-0.15, -0.1) is 0 Å². The van der Waals surface area contributed by atoms with Crippen LogP contribution in [0.1, 0.15) is 71.8 Å². The Morgan fingerprint density at radius 1 is 0.947 bits per heavy atom. The summed E-state index contributed by atoms with van der Waals surface area (Å²) in [6.07, 6.45) is 1.04. The number of benzene rings is 2. The summed E-state index contributed by atoms with van der Waals surface area (Å²) in [6.45, 7) is 1.75. The van der Waals surface area contributed by atoms with Crippen molar-refractivity contribution < 1.29 is 27.5 Å². The Morgan fingerprint density at radius 2 is 1.61 bits per heavy atom. The zero-order valence-corrected chi connectivity index (χ0v) is 21.1. The van der Waals surface area contributed by atoms with Gasteiger partial charge in [-0.2, -0.15) is 13.2 Å². The summed E-state index contributed by atoms with van der Waals surface area (Å²) in [7, 11) is 0. The maximum atomic E-state index is 13.6. The first-order valence-electron chi connectivity index (χ1n) is 12.7. The average molecular weight is 527 g/mol. The second-order valence-electron chi connectivity index (χ2n) is 9.34. The van der Waals surface area contributed by atoms with Gasteiger partial charge in [-0.25, -0.2) is 0 Å². The fourth-order valence-corrected chi connectivity index (χ4v) is 4.55. The number of esters is 1. The summed E-state index contributed by atoms with van der Waals surface area (Å²) in [4.78, 5) is 38.3. The van der Waals surface area contributed by atoms with E-state index in [-0.39, 0.29) is 24.5 Å². The molecule has 0 bridgehead atoms. The fraction of sp³-hybridized carbons (Fsp3) is 0.345. The lowest BCUT2D eigenvalue weighted by Gasteiger charge is -2.21. The van der Waals surface area contributed by atoms with E-state index >= 15 is 0 Å². The molecule has 1 amide bonds. The summed E-state index contributed by atoms with van der Waals surface area (Å²) >= 11 is 0. The number of fused-ring (bicyclic) bond motifs is 1. The van der Waals surface area contributed by atoms with Crippen molar-refractivity contribution in [1.82, 2.24) is 4.57 Å². The van der Waals surface area contributed by atoms with Crippen molar-refractivity contribution in [1.29, 1.82) is 0 Å². The van der Waals surface area contributed by atoms with Crippen LogP contribution in [0.3, 0.4) is 0 Å². The minimum absolute atomic E-state index is 0.0299. The van der Waals surface area contributed by atoms with Gasteiger partial charge < -0.3 is 14.6 Å². The van der Waals surface area contributed by atoms with Crippen molar-refractivity contribution in [3.05, 3.63) is 92.9 Å². The number of amides is 1. The van der Waals surface area contributed by atoms with Gasteiger partial charge in [0.1, 0.15) is 11.3 Å². The van der Waals surface area contributed by atoms with Crippen molar-refractivity contribution in [2.45, 2.75) is 64.6 Å². The Morgan fingerprint density at radius 3 is 2.24 bits per heavy atom. The van der Waals surface area contributed by atoms with Crippen LogP contribution in [0.15, 0.2) is 59.4 Å². The van der Waals surface area contributed by atoms with Gasteiger partial charge in [0, 0.05) is 17.8 Å². The molecule has 0 fully saturated rings. The number of aryl methyl sites for hydroxylation is 1. The monoisotopic (exact) mass is 526 g/mol. The summed E-state index contributed by atoms with van der Waals surface area (Å²) in [5.74, 6) is -0.620. The van der Waals surface area contributed by atoms with Gasteiger partial charge in [0.2, 0.25) is 0 Å². The van der Waals surface area contributed by atoms with E-state index in [1.165, 1.54) is 16.7 Å². The van der Waals surface area contributed by atoms with Gasteiger partial charge in [-0.05, 0) is 79.3 Å². The van der Waals surface area contributed by atoms with Gasteiger partial charge in [0.15, 0.2) is 0 Å². The zero-order chi connectivity index (χ0) is 27.3. The van der Waals surface area contributed by atoms with E-state index < -0.39 is 23.2 Å². The number of rotatable bonds is 6. The maximum absolute atomic E-state index is 13.6. The van der Waals surface area contributed by atoms with E-state index in [4.69, 9.17) is 4.74 Å². The van der Waals surface area contributed by atoms with Gasteiger partial charge in [0.25, 0.3) is 11.5 Å². The fourth-order valence-electron chi connectivity index (χ4n) is 4.55. The molecule has 0 unspecified atom stereocenters. The highest BCUT2D eigenvalue weighted by Crippen LogP contribution is 2.29. The standard InChI is InChI=1S/C29H29F3N2O4/c1-2-26(35)38-23-15-13-22(14-16-23)33-27(36)24-17-20-7-5-3-4-6-8-25(20)34(28(24)37)18-19-9-11-21(12-10-19)29(30,31)32/h9-17H,2-8,18H2,1H3,(H,33,36). The third kappa shape index (κ3) is 6.51. The lowest BCUT2D eigenvalue weighted by Crippen LogP contribution is -2.33. The predicted molar refractivity (Wildman–Crippen MR) is 137 cm³/mol. The normalized spacial score (nSPS) is 13.7. The van der Waals surface area contributed by atoms with Crippen LogP contribution in [0.4, 0.5) is 18.9 Å². The van der Waals surface area contributed by atoms with E-state index in [0.717, 1.165) is 49.1 Å². The number of pyridine rings is 1. The SMILES string of the molecule is CCC(=O)Oc1ccc(NC(=O)c2cc3c(n(Cc4ccc(C(F)(F)F)cc4)c2=O)CCCCCC3)cc1. The zero-order valence-electron chi connectivity index (χ0n) is 21.1. The molecule has 0 saturated heterocycles. The Labute approximate surface area is 218 Å². The average Bonchev–Trinajstić information content (AvgIpc) is 2.87. The number of carbonyl (C=O) groups is 2. The number of carbonyl (C=O) groups excluding carboxylic acids is 2. The van der Waals surface area contributed by atoms with Crippen molar-refractivity contribution in [3.63, 3.8) is 0 Å². The molecule has 3 aromatic rings. The molecule has 0 atom stereocenters. The summed E-state index contributed by atoms with van der Waals surface area (Å²) in [5.41, 5.74) is 1.42. The molecule has 38 heavy (non-hydrogen) atoms. The van der Waals surface area contributed by atoms with Crippen molar-refractivity contribution in [2.75, 3.05) is 5.32 Å². The summed E-state index contributed by atoms with van der Waals surface area (Å²) in [6, 6.07) is 12.6. The smallest absolute Gasteiger partial charge is 0.416 e. The van der Waals surface area contributed by atoms with Gasteiger partial charge >= 0.3 is 12.1 Å². The number of alkyl halides is 3. The molecule has 9 heteroatoms. The van der Waals surface area contributed by atoms with Gasteiger partial charge in [0.05, 0.1) is 12.1 Å². The predicted octanol–water partition coefficient (Wildman–Crippen LogP) is 6.14. The Hall–Kier alpha value is -3.88. The molecule has 1 heterocycles. The van der Waals surface area contributed by atoms with Crippen LogP contribution in [0.2, 0.25) is 0 Å². The second kappa shape index (κ2) is 11.7. The lowest BCUT2D eigenvalue weighted by atomic mass is 9.95. The third-order valence-corrected chi connectivity index (χ3v) is 6.60. The van der Waals surface area contributed by atoms with Crippen LogP contribution in [-0.4, -0.2) is 16.4 Å². The van der Waals surface area contributed by atoms with E-state index in [1.54, 1.807) is 37.3 Å². The topological polar surface area (TPSA) is 77.4 Å². The van der Waals surface area contributed by atoms with E-state index in [9.17, 15) is 27.6 Å². The van der Waals surface area contributed by atoms with Crippen LogP contribution >= 0.6 is 0 Å². The summed E-state index contributed by atoms with van der Waals surface area (Å²) in [5, 5.41) is 2.73. The first-order valence-corrected chi connectivity index (χ1v) is 12.7. The number of anilines is 1. The molecule has 4 rings (SSSR count). The van der Waals surface area contributed by atoms with Crippen molar-refractivity contribution in [3.8, 4) is 5.75 Å². The molecule has 1 aliphatic carbocycles. The van der Waals surface area contributed by atoms with Crippen LogP contribution < -0.4 is 15.6 Å². The Bertz CT molecular complexity index is 1360.